The molecule has 2 rings (SSSR count). The van der Waals surface area contributed by atoms with Crippen molar-refractivity contribution in [2.75, 3.05) is 0 Å². The maximum atomic E-state index is 6.42. The molecular weight excluding hydrogens is 266 g/mol. The molecule has 0 radical (unpaired) electrons. The minimum absolute atomic E-state index is 0.0406. The van der Waals surface area contributed by atoms with Crippen LogP contribution in [0.25, 0.3) is 0 Å². The fraction of sp³-hybridized carbons (Fsp3) is 0.429. The number of nitrogens with two attached hydrogens (primary N) is 1. The Bertz CT molecular complexity index is 510. The standard InChI is InChI=1S/C21H29N/c1-15(2)13-17-5-9-19(10-6-17)21(22)20-11-7-18(8-12-20)14-16(3)4/h5-12,15-16,21H,13-14,22H2,1-4H3. The molecule has 0 spiro atoms. The van der Waals surface area contributed by atoms with E-state index in [-0.39, 0.29) is 6.04 Å². The first kappa shape index (κ1) is 16.8. The first-order valence-corrected chi connectivity index (χ1v) is 8.39. The minimum Gasteiger partial charge on any atom is -0.320 e. The molecule has 0 bridgehead atoms. The molecule has 22 heavy (non-hydrogen) atoms. The summed E-state index contributed by atoms with van der Waals surface area (Å²) in [6.07, 6.45) is 2.25. The highest BCUT2D eigenvalue weighted by Crippen LogP contribution is 2.22. The predicted octanol–water partition coefficient (Wildman–Crippen LogP) is 5.13. The Kier molecular flexibility index (Phi) is 5.79. The lowest BCUT2D eigenvalue weighted by Crippen LogP contribution is -2.12. The van der Waals surface area contributed by atoms with Crippen LogP contribution < -0.4 is 5.73 Å². The fourth-order valence-corrected chi connectivity index (χ4v) is 2.86. The second-order valence-electron chi connectivity index (χ2n) is 7.16. The quantitative estimate of drug-likeness (QED) is 0.785. The molecule has 0 saturated carbocycles. The highest BCUT2D eigenvalue weighted by Gasteiger charge is 2.09. The van der Waals surface area contributed by atoms with Crippen LogP contribution in [0.15, 0.2) is 48.5 Å². The van der Waals surface area contributed by atoms with Gasteiger partial charge in [-0.3, -0.25) is 0 Å². The van der Waals surface area contributed by atoms with Gasteiger partial charge in [0.25, 0.3) is 0 Å². The van der Waals surface area contributed by atoms with E-state index in [1.165, 1.54) is 22.3 Å². The van der Waals surface area contributed by atoms with Gasteiger partial charge < -0.3 is 5.73 Å². The van der Waals surface area contributed by atoms with Gasteiger partial charge in [-0.25, -0.2) is 0 Å². The van der Waals surface area contributed by atoms with Gasteiger partial charge in [0.1, 0.15) is 0 Å². The van der Waals surface area contributed by atoms with Crippen LogP contribution >= 0.6 is 0 Å². The molecule has 0 heterocycles. The summed E-state index contributed by atoms with van der Waals surface area (Å²) in [5.74, 6) is 1.38. The van der Waals surface area contributed by atoms with E-state index in [2.05, 4.69) is 76.2 Å². The van der Waals surface area contributed by atoms with Crippen molar-refractivity contribution in [1.29, 1.82) is 0 Å². The predicted molar refractivity (Wildman–Crippen MR) is 96.0 cm³/mol. The van der Waals surface area contributed by atoms with Crippen molar-refractivity contribution in [3.8, 4) is 0 Å². The largest absolute Gasteiger partial charge is 0.320 e. The van der Waals surface area contributed by atoms with Crippen LogP contribution in [0.4, 0.5) is 0 Å². The maximum Gasteiger partial charge on any atom is 0.0551 e. The lowest BCUT2D eigenvalue weighted by atomic mass is 9.94. The van der Waals surface area contributed by atoms with Gasteiger partial charge in [-0.15, -0.1) is 0 Å². The van der Waals surface area contributed by atoms with Crippen molar-refractivity contribution < 1.29 is 0 Å². The van der Waals surface area contributed by atoms with Gasteiger partial charge in [0, 0.05) is 0 Å². The topological polar surface area (TPSA) is 26.0 Å². The van der Waals surface area contributed by atoms with E-state index < -0.39 is 0 Å². The summed E-state index contributed by atoms with van der Waals surface area (Å²) in [4.78, 5) is 0. The molecule has 0 fully saturated rings. The van der Waals surface area contributed by atoms with Gasteiger partial charge in [0.2, 0.25) is 0 Å². The Balaban J connectivity index is 2.08. The van der Waals surface area contributed by atoms with Crippen LogP contribution in [-0.2, 0) is 12.8 Å². The van der Waals surface area contributed by atoms with Gasteiger partial charge in [-0.05, 0) is 46.9 Å². The molecule has 0 saturated heterocycles. The average molecular weight is 295 g/mol. The van der Waals surface area contributed by atoms with Crippen LogP contribution in [-0.4, -0.2) is 0 Å². The summed E-state index contributed by atoms with van der Waals surface area (Å²) in [6, 6.07) is 17.5. The Labute approximate surface area is 135 Å². The van der Waals surface area contributed by atoms with Crippen molar-refractivity contribution in [3.05, 3.63) is 70.8 Å². The third-order valence-electron chi connectivity index (χ3n) is 3.97. The molecule has 2 N–H and O–H groups in total. The second kappa shape index (κ2) is 7.60. The van der Waals surface area contributed by atoms with Crippen molar-refractivity contribution >= 4 is 0 Å². The summed E-state index contributed by atoms with van der Waals surface area (Å²) in [5.41, 5.74) is 11.6. The zero-order chi connectivity index (χ0) is 16.1. The van der Waals surface area contributed by atoms with Crippen LogP contribution in [0.1, 0.15) is 56.0 Å². The summed E-state index contributed by atoms with van der Waals surface area (Å²) < 4.78 is 0. The molecule has 0 atom stereocenters. The van der Waals surface area contributed by atoms with E-state index in [1.54, 1.807) is 0 Å². The first-order valence-electron chi connectivity index (χ1n) is 8.39. The smallest absolute Gasteiger partial charge is 0.0551 e. The zero-order valence-corrected chi connectivity index (χ0v) is 14.3. The third kappa shape index (κ3) is 4.71. The van der Waals surface area contributed by atoms with Crippen molar-refractivity contribution in [3.63, 3.8) is 0 Å². The molecule has 0 aliphatic carbocycles. The van der Waals surface area contributed by atoms with Crippen molar-refractivity contribution in [1.82, 2.24) is 0 Å². The van der Waals surface area contributed by atoms with E-state index in [0.29, 0.717) is 11.8 Å². The number of benzene rings is 2. The van der Waals surface area contributed by atoms with Crippen LogP contribution in [0, 0.1) is 11.8 Å². The number of rotatable bonds is 6. The van der Waals surface area contributed by atoms with Gasteiger partial charge in [0.15, 0.2) is 0 Å². The molecule has 118 valence electrons. The summed E-state index contributed by atoms with van der Waals surface area (Å²) in [7, 11) is 0. The average Bonchev–Trinajstić information content (AvgIpc) is 2.47. The third-order valence-corrected chi connectivity index (χ3v) is 3.97. The molecule has 0 unspecified atom stereocenters. The van der Waals surface area contributed by atoms with Crippen LogP contribution in [0.5, 0.6) is 0 Å². The molecule has 2 aromatic rings. The lowest BCUT2D eigenvalue weighted by molar-refractivity contribution is 0.646. The van der Waals surface area contributed by atoms with Gasteiger partial charge in [-0.2, -0.15) is 0 Å². The SMILES string of the molecule is CC(C)Cc1ccc(C(N)c2ccc(CC(C)C)cc2)cc1. The highest BCUT2D eigenvalue weighted by atomic mass is 14.6. The molecule has 0 amide bonds. The molecule has 0 aliphatic heterocycles. The summed E-state index contributed by atoms with van der Waals surface area (Å²) in [6.45, 7) is 8.99. The fourth-order valence-electron chi connectivity index (χ4n) is 2.86. The van der Waals surface area contributed by atoms with Crippen molar-refractivity contribution in [2.45, 2.75) is 46.6 Å². The summed E-state index contributed by atoms with van der Waals surface area (Å²) in [5, 5.41) is 0. The van der Waals surface area contributed by atoms with Crippen LogP contribution in [0.2, 0.25) is 0 Å². The monoisotopic (exact) mass is 295 g/mol. The van der Waals surface area contributed by atoms with Crippen LogP contribution in [0.3, 0.4) is 0 Å². The molecule has 2 aromatic carbocycles. The van der Waals surface area contributed by atoms with E-state index in [9.17, 15) is 0 Å². The molecule has 1 nitrogen and oxygen atoms in total. The van der Waals surface area contributed by atoms with Gasteiger partial charge >= 0.3 is 0 Å². The molecular formula is C21H29N. The Hall–Kier alpha value is -1.60. The minimum atomic E-state index is -0.0406. The van der Waals surface area contributed by atoms with E-state index in [0.717, 1.165) is 12.8 Å². The number of hydrogen-bond acceptors (Lipinski definition) is 1. The number of hydrogen-bond donors (Lipinski definition) is 1. The van der Waals surface area contributed by atoms with E-state index in [1.807, 2.05) is 0 Å². The zero-order valence-electron chi connectivity index (χ0n) is 14.3. The van der Waals surface area contributed by atoms with E-state index >= 15 is 0 Å². The Morgan fingerprint density at radius 3 is 1.23 bits per heavy atom. The Morgan fingerprint density at radius 2 is 0.955 bits per heavy atom. The second-order valence-corrected chi connectivity index (χ2v) is 7.16. The normalized spacial score (nSPS) is 11.6. The molecule has 1 heteroatoms. The highest BCUT2D eigenvalue weighted by molar-refractivity contribution is 5.34. The van der Waals surface area contributed by atoms with Gasteiger partial charge in [-0.1, -0.05) is 76.2 Å². The van der Waals surface area contributed by atoms with E-state index in [4.69, 9.17) is 5.73 Å². The molecule has 0 aromatic heterocycles. The lowest BCUT2D eigenvalue weighted by Gasteiger charge is -2.15. The first-order chi connectivity index (χ1) is 10.5. The Morgan fingerprint density at radius 1 is 0.636 bits per heavy atom. The maximum absolute atomic E-state index is 6.42. The van der Waals surface area contributed by atoms with Gasteiger partial charge in [0.05, 0.1) is 6.04 Å². The van der Waals surface area contributed by atoms with Crippen molar-refractivity contribution in [2.24, 2.45) is 17.6 Å². The molecule has 0 aliphatic rings. The summed E-state index contributed by atoms with van der Waals surface area (Å²) >= 11 is 0.